The fourth-order valence-corrected chi connectivity index (χ4v) is 4.42. The van der Waals surface area contributed by atoms with Crippen LogP contribution in [0.1, 0.15) is 10.4 Å². The lowest BCUT2D eigenvalue weighted by molar-refractivity contribution is 0.102. The van der Waals surface area contributed by atoms with Crippen LogP contribution in [-0.4, -0.2) is 24.3 Å². The molecule has 1 amide bonds. The Balaban J connectivity index is 1.54. The highest BCUT2D eigenvalue weighted by atomic mass is 32.2. The number of pyridine rings is 1. The van der Waals surface area contributed by atoms with Crippen LogP contribution in [0.2, 0.25) is 0 Å². The second-order valence-corrected chi connectivity index (χ2v) is 8.38. The minimum absolute atomic E-state index is 0.0440. The summed E-state index contributed by atoms with van der Waals surface area (Å²) in [5, 5.41) is 6.51. The third kappa shape index (κ3) is 3.71. The van der Waals surface area contributed by atoms with Gasteiger partial charge in [-0.2, -0.15) is 0 Å². The molecule has 0 saturated heterocycles. The molecule has 0 unspecified atom stereocenters. The number of carbonyl (C=O) groups is 1. The Morgan fingerprint density at radius 1 is 0.929 bits per heavy atom. The molecule has 0 atom stereocenters. The molecule has 2 aromatic carbocycles. The highest BCUT2D eigenvalue weighted by molar-refractivity contribution is 7.93. The quantitative estimate of drug-likeness (QED) is 0.522. The van der Waals surface area contributed by atoms with Crippen molar-refractivity contribution in [1.29, 1.82) is 0 Å². The normalized spacial score (nSPS) is 11.3. The van der Waals surface area contributed by atoms with Gasteiger partial charge >= 0.3 is 0 Å². The second kappa shape index (κ2) is 7.37. The molecule has 0 fully saturated rings. The van der Waals surface area contributed by atoms with Crippen molar-refractivity contribution < 1.29 is 13.2 Å². The van der Waals surface area contributed by atoms with Crippen molar-refractivity contribution in [1.82, 2.24) is 9.97 Å². The molecule has 2 N–H and O–H groups in total. The fourth-order valence-electron chi connectivity index (χ4n) is 2.63. The van der Waals surface area contributed by atoms with E-state index in [1.54, 1.807) is 11.6 Å². The van der Waals surface area contributed by atoms with Gasteiger partial charge in [0.25, 0.3) is 15.9 Å². The molecule has 7 nitrogen and oxygen atoms in total. The maximum Gasteiger partial charge on any atom is 0.263 e. The number of rotatable bonds is 5. The van der Waals surface area contributed by atoms with Crippen LogP contribution >= 0.6 is 11.3 Å². The van der Waals surface area contributed by atoms with Crippen LogP contribution in [0.3, 0.4) is 0 Å². The molecule has 0 aliphatic heterocycles. The highest BCUT2D eigenvalue weighted by Gasteiger charge is 2.17. The van der Waals surface area contributed by atoms with Gasteiger partial charge in [-0.05, 0) is 35.7 Å². The Morgan fingerprint density at radius 3 is 2.46 bits per heavy atom. The Labute approximate surface area is 165 Å². The first kappa shape index (κ1) is 18.1. The number of benzene rings is 2. The predicted molar refractivity (Wildman–Crippen MR) is 109 cm³/mol. The van der Waals surface area contributed by atoms with Gasteiger partial charge in [0.15, 0.2) is 5.13 Å². The molecule has 0 saturated carbocycles. The van der Waals surface area contributed by atoms with E-state index >= 15 is 0 Å². The average Bonchev–Trinajstić information content (AvgIpc) is 3.21. The van der Waals surface area contributed by atoms with Crippen LogP contribution in [0.15, 0.2) is 77.3 Å². The summed E-state index contributed by atoms with van der Waals surface area (Å²) >= 11 is 1.18. The Bertz CT molecular complexity index is 1230. The van der Waals surface area contributed by atoms with Crippen molar-refractivity contribution in [3.63, 3.8) is 0 Å². The number of carbonyl (C=O) groups excluding carboxylic acids is 1. The van der Waals surface area contributed by atoms with Gasteiger partial charge in [-0.15, -0.1) is 11.3 Å². The molecular weight excluding hydrogens is 396 g/mol. The number of anilines is 2. The number of amides is 1. The van der Waals surface area contributed by atoms with Gasteiger partial charge in [0, 0.05) is 28.7 Å². The molecule has 0 aliphatic carbocycles. The van der Waals surface area contributed by atoms with E-state index in [-0.39, 0.29) is 15.9 Å². The summed E-state index contributed by atoms with van der Waals surface area (Å²) in [6.07, 6.45) is 3.13. The molecule has 0 aliphatic rings. The minimum Gasteiger partial charge on any atom is -0.306 e. The third-order valence-corrected chi connectivity index (χ3v) is 6.16. The summed E-state index contributed by atoms with van der Waals surface area (Å²) < 4.78 is 27.1. The van der Waals surface area contributed by atoms with Crippen molar-refractivity contribution in [2.45, 2.75) is 4.90 Å². The van der Waals surface area contributed by atoms with E-state index in [9.17, 15) is 13.2 Å². The summed E-state index contributed by atoms with van der Waals surface area (Å²) in [4.78, 5) is 20.7. The van der Waals surface area contributed by atoms with Crippen LogP contribution in [0.4, 0.5) is 10.9 Å². The van der Waals surface area contributed by atoms with Crippen molar-refractivity contribution in [3.05, 3.63) is 77.9 Å². The van der Waals surface area contributed by atoms with Gasteiger partial charge in [0.05, 0.1) is 4.90 Å². The number of fused-ring (bicyclic) bond motifs is 1. The zero-order chi connectivity index (χ0) is 19.6. The number of nitrogens with zero attached hydrogens (tertiary/aromatic N) is 2. The van der Waals surface area contributed by atoms with Gasteiger partial charge in [-0.25, -0.2) is 18.4 Å². The minimum atomic E-state index is -3.76. The molecule has 0 bridgehead atoms. The van der Waals surface area contributed by atoms with Crippen LogP contribution in [0.5, 0.6) is 0 Å². The first-order valence-corrected chi connectivity index (χ1v) is 10.6. The molecular formula is C19H14N4O3S2. The third-order valence-electron chi connectivity index (χ3n) is 3.99. The van der Waals surface area contributed by atoms with Gasteiger partial charge in [-0.1, -0.05) is 24.3 Å². The van der Waals surface area contributed by atoms with Crippen LogP contribution in [0, 0.1) is 0 Å². The number of sulfonamides is 1. The molecule has 2 heterocycles. The smallest absolute Gasteiger partial charge is 0.263 e. The van der Waals surface area contributed by atoms with Crippen molar-refractivity contribution >= 4 is 49.0 Å². The summed E-state index contributed by atoms with van der Waals surface area (Å²) in [5.74, 6) is 0.0749. The number of thiazole rings is 1. The van der Waals surface area contributed by atoms with Gasteiger partial charge < -0.3 is 5.32 Å². The number of aromatic nitrogens is 2. The highest BCUT2D eigenvalue weighted by Crippen LogP contribution is 2.22. The molecule has 140 valence electrons. The second-order valence-electron chi connectivity index (χ2n) is 5.80. The lowest BCUT2D eigenvalue weighted by Crippen LogP contribution is -2.15. The number of nitrogens with one attached hydrogen (secondary N) is 2. The molecule has 28 heavy (non-hydrogen) atoms. The van der Waals surface area contributed by atoms with Crippen molar-refractivity contribution in [3.8, 4) is 0 Å². The lowest BCUT2D eigenvalue weighted by atomic mass is 10.1. The fraction of sp³-hybridized carbons (Fsp3) is 0. The average molecular weight is 410 g/mol. The summed E-state index contributed by atoms with van der Waals surface area (Å²) in [7, 11) is -3.76. The molecule has 4 aromatic rings. The first-order valence-electron chi connectivity index (χ1n) is 8.20. The summed E-state index contributed by atoms with van der Waals surface area (Å²) in [6, 6.07) is 15.1. The van der Waals surface area contributed by atoms with Gasteiger partial charge in [0.2, 0.25) is 0 Å². The van der Waals surface area contributed by atoms with E-state index in [0.29, 0.717) is 11.4 Å². The van der Waals surface area contributed by atoms with E-state index in [2.05, 4.69) is 20.0 Å². The summed E-state index contributed by atoms with van der Waals surface area (Å²) in [5.41, 5.74) is 0.322. The van der Waals surface area contributed by atoms with Crippen LogP contribution in [0.25, 0.3) is 10.8 Å². The number of hydrogen-bond acceptors (Lipinski definition) is 6. The van der Waals surface area contributed by atoms with Gasteiger partial charge in [0.1, 0.15) is 5.82 Å². The topological polar surface area (TPSA) is 101 Å². The first-order chi connectivity index (χ1) is 13.5. The Morgan fingerprint density at radius 2 is 1.71 bits per heavy atom. The van der Waals surface area contributed by atoms with Crippen molar-refractivity contribution in [2.75, 3.05) is 10.0 Å². The predicted octanol–water partition coefficient (Wildman–Crippen LogP) is 3.74. The van der Waals surface area contributed by atoms with Gasteiger partial charge in [-0.3, -0.25) is 9.52 Å². The van der Waals surface area contributed by atoms with E-state index in [1.807, 2.05) is 30.3 Å². The molecule has 0 spiro atoms. The van der Waals surface area contributed by atoms with E-state index in [1.165, 1.54) is 41.8 Å². The zero-order valence-corrected chi connectivity index (χ0v) is 16.0. The van der Waals surface area contributed by atoms with Crippen molar-refractivity contribution in [2.24, 2.45) is 0 Å². The SMILES string of the molecule is O=C(Nc1nccc2ccccc12)c1ccc(S(=O)(=O)Nc2nccs2)cc1. The van der Waals surface area contributed by atoms with E-state index in [0.717, 1.165) is 10.8 Å². The standard InChI is InChI=1S/C19H14N4O3S2/c24-18(22-17-16-4-2-1-3-13(16)9-10-20-17)14-5-7-15(8-6-14)28(25,26)23-19-21-11-12-27-19/h1-12H,(H,21,23)(H,20,22,24). The molecule has 9 heteroatoms. The van der Waals surface area contributed by atoms with Crippen LogP contribution < -0.4 is 10.0 Å². The van der Waals surface area contributed by atoms with E-state index < -0.39 is 10.0 Å². The Hall–Kier alpha value is -3.30. The largest absolute Gasteiger partial charge is 0.306 e. The maximum atomic E-state index is 12.6. The number of hydrogen-bond donors (Lipinski definition) is 2. The lowest BCUT2D eigenvalue weighted by Gasteiger charge is -2.09. The Kier molecular flexibility index (Phi) is 4.76. The monoisotopic (exact) mass is 410 g/mol. The molecule has 2 aromatic heterocycles. The summed E-state index contributed by atoms with van der Waals surface area (Å²) in [6.45, 7) is 0. The molecule has 4 rings (SSSR count). The zero-order valence-electron chi connectivity index (χ0n) is 14.4. The maximum absolute atomic E-state index is 12.6. The van der Waals surface area contributed by atoms with Crippen LogP contribution in [-0.2, 0) is 10.0 Å². The molecule has 0 radical (unpaired) electrons. The van der Waals surface area contributed by atoms with E-state index in [4.69, 9.17) is 0 Å².